The van der Waals surface area contributed by atoms with Gasteiger partial charge in [-0.2, -0.15) is 4.98 Å². The molecule has 5 rings (SSSR count). The summed E-state index contributed by atoms with van der Waals surface area (Å²) in [6.07, 6.45) is 5.06. The first-order valence-electron chi connectivity index (χ1n) is 10.1. The van der Waals surface area contributed by atoms with Gasteiger partial charge in [0.05, 0.1) is 18.7 Å². The third-order valence-corrected chi connectivity index (χ3v) is 5.34. The molecule has 0 aliphatic carbocycles. The van der Waals surface area contributed by atoms with Crippen LogP contribution in [0.15, 0.2) is 76.4 Å². The zero-order valence-electron chi connectivity index (χ0n) is 17.2. The number of aromatic nitrogens is 5. The normalized spacial score (nSPS) is 11.1. The van der Waals surface area contributed by atoms with Crippen LogP contribution in [0.1, 0.15) is 21.7 Å². The van der Waals surface area contributed by atoms with E-state index in [1.54, 1.807) is 36.8 Å². The van der Waals surface area contributed by atoms with Crippen LogP contribution in [-0.2, 0) is 13.1 Å². The molecule has 0 bridgehead atoms. The third-order valence-electron chi connectivity index (χ3n) is 5.09. The molecule has 4 heterocycles. The van der Waals surface area contributed by atoms with E-state index in [9.17, 15) is 9.59 Å². The molecule has 0 saturated heterocycles. The lowest BCUT2D eigenvalue weighted by molar-refractivity contribution is 0.0947. The topological polar surface area (TPSA) is 119 Å². The average molecular weight is 461 g/mol. The number of hydrogen-bond donors (Lipinski definition) is 2. The molecule has 0 fully saturated rings. The van der Waals surface area contributed by atoms with Crippen LogP contribution >= 0.6 is 11.6 Å². The Labute approximate surface area is 192 Å². The number of pyridine rings is 2. The Morgan fingerprint density at radius 2 is 2.00 bits per heavy atom. The van der Waals surface area contributed by atoms with E-state index in [0.717, 1.165) is 16.5 Å². The van der Waals surface area contributed by atoms with Crippen LogP contribution in [0.5, 0.6) is 0 Å². The van der Waals surface area contributed by atoms with E-state index >= 15 is 0 Å². The number of amides is 1. The second-order valence-electron chi connectivity index (χ2n) is 7.28. The van der Waals surface area contributed by atoms with Crippen molar-refractivity contribution in [1.82, 2.24) is 30.0 Å². The van der Waals surface area contributed by atoms with Gasteiger partial charge in [-0.3, -0.25) is 9.59 Å². The van der Waals surface area contributed by atoms with E-state index in [4.69, 9.17) is 16.1 Å². The molecule has 4 aromatic heterocycles. The molecule has 1 aromatic carbocycles. The molecule has 1 amide bonds. The monoisotopic (exact) mass is 460 g/mol. The molecule has 0 spiro atoms. The minimum atomic E-state index is -0.520. The van der Waals surface area contributed by atoms with Crippen LogP contribution in [0.25, 0.3) is 22.5 Å². The van der Waals surface area contributed by atoms with Gasteiger partial charge in [0.15, 0.2) is 5.82 Å². The number of rotatable bonds is 6. The first kappa shape index (κ1) is 20.7. The van der Waals surface area contributed by atoms with Crippen molar-refractivity contribution in [2.45, 2.75) is 13.1 Å². The van der Waals surface area contributed by atoms with E-state index in [1.165, 1.54) is 10.6 Å². The predicted octanol–water partition coefficient (Wildman–Crippen LogP) is 3.41. The van der Waals surface area contributed by atoms with Crippen LogP contribution in [0.2, 0.25) is 5.02 Å². The van der Waals surface area contributed by atoms with Gasteiger partial charge >= 0.3 is 0 Å². The molecule has 0 radical (unpaired) electrons. The number of fused-ring (bicyclic) bond motifs is 1. The molecule has 2 N–H and O–H groups in total. The summed E-state index contributed by atoms with van der Waals surface area (Å²) in [5.41, 5.74) is 1.95. The maximum atomic E-state index is 12.8. The number of aromatic amines is 1. The third kappa shape index (κ3) is 4.26. The summed E-state index contributed by atoms with van der Waals surface area (Å²) >= 11 is 5.91. The molecular weight excluding hydrogens is 444 g/mol. The lowest BCUT2D eigenvalue weighted by atomic mass is 10.2. The lowest BCUT2D eigenvalue weighted by Gasteiger charge is -2.08. The van der Waals surface area contributed by atoms with Gasteiger partial charge in [-0.05, 0) is 42.0 Å². The SMILES string of the molecule is O=C(NCc1noc(-c2c[nH]c3ncccc23)n1)c1cccn(Cc2ccc(Cl)cc2)c1=O. The largest absolute Gasteiger partial charge is 0.345 e. The number of H-pyrrole nitrogens is 1. The molecule has 33 heavy (non-hydrogen) atoms. The molecule has 5 aromatic rings. The predicted molar refractivity (Wildman–Crippen MR) is 122 cm³/mol. The Bertz CT molecular complexity index is 1500. The molecule has 164 valence electrons. The van der Waals surface area contributed by atoms with Crippen molar-refractivity contribution in [1.29, 1.82) is 0 Å². The molecule has 9 nitrogen and oxygen atoms in total. The van der Waals surface area contributed by atoms with E-state index in [0.29, 0.717) is 23.1 Å². The molecule has 0 aliphatic heterocycles. The maximum absolute atomic E-state index is 12.8. The number of benzene rings is 1. The smallest absolute Gasteiger partial charge is 0.263 e. The molecular formula is C23H17ClN6O3. The van der Waals surface area contributed by atoms with Gasteiger partial charge in [0.1, 0.15) is 11.2 Å². The summed E-state index contributed by atoms with van der Waals surface area (Å²) in [5.74, 6) is 0.0747. The minimum Gasteiger partial charge on any atom is -0.345 e. The lowest BCUT2D eigenvalue weighted by Crippen LogP contribution is -2.32. The van der Waals surface area contributed by atoms with Crippen LogP contribution in [-0.4, -0.2) is 30.6 Å². The molecule has 0 saturated carbocycles. The second-order valence-corrected chi connectivity index (χ2v) is 7.72. The maximum Gasteiger partial charge on any atom is 0.263 e. The minimum absolute atomic E-state index is 0.00839. The molecule has 0 unspecified atom stereocenters. The van der Waals surface area contributed by atoms with Gasteiger partial charge in [0, 0.05) is 29.0 Å². The van der Waals surface area contributed by atoms with Gasteiger partial charge in [-0.1, -0.05) is 28.9 Å². The van der Waals surface area contributed by atoms with Gasteiger partial charge in [-0.15, -0.1) is 0 Å². The standard InChI is InChI=1S/C23H17ClN6O3/c24-15-7-5-14(6-8-15)13-30-10-2-4-17(23(30)32)21(31)27-12-19-28-22(33-29-19)18-11-26-20-16(18)3-1-9-25-20/h1-11H,12-13H2,(H,25,26)(H,27,31). The van der Waals surface area contributed by atoms with Crippen molar-refractivity contribution in [2.75, 3.05) is 0 Å². The average Bonchev–Trinajstić information content (AvgIpc) is 3.47. The Morgan fingerprint density at radius 3 is 2.85 bits per heavy atom. The first-order chi connectivity index (χ1) is 16.1. The second kappa shape index (κ2) is 8.71. The number of carbonyl (C=O) groups excluding carboxylic acids is 1. The number of hydrogen-bond acceptors (Lipinski definition) is 6. The summed E-state index contributed by atoms with van der Waals surface area (Å²) in [5, 5.41) is 8.06. The van der Waals surface area contributed by atoms with Crippen LogP contribution in [0.3, 0.4) is 0 Å². The van der Waals surface area contributed by atoms with E-state index < -0.39 is 11.5 Å². The Morgan fingerprint density at radius 1 is 1.15 bits per heavy atom. The summed E-state index contributed by atoms with van der Waals surface area (Å²) < 4.78 is 6.81. The van der Waals surface area contributed by atoms with Gasteiger partial charge in [0.25, 0.3) is 17.4 Å². The number of nitrogens with zero attached hydrogens (tertiary/aromatic N) is 4. The summed E-state index contributed by atoms with van der Waals surface area (Å²) in [4.78, 5) is 37.1. The highest BCUT2D eigenvalue weighted by atomic mass is 35.5. The highest BCUT2D eigenvalue weighted by Crippen LogP contribution is 2.25. The Kier molecular flexibility index (Phi) is 5.45. The van der Waals surface area contributed by atoms with Gasteiger partial charge in [-0.25, -0.2) is 4.98 Å². The van der Waals surface area contributed by atoms with Crippen molar-refractivity contribution < 1.29 is 9.32 Å². The molecule has 0 atom stereocenters. The highest BCUT2D eigenvalue weighted by Gasteiger charge is 2.16. The fourth-order valence-corrected chi connectivity index (χ4v) is 3.57. The number of carbonyl (C=O) groups is 1. The van der Waals surface area contributed by atoms with E-state index in [-0.39, 0.29) is 17.9 Å². The van der Waals surface area contributed by atoms with Gasteiger partial charge in [0.2, 0.25) is 0 Å². The van der Waals surface area contributed by atoms with E-state index in [2.05, 4.69) is 25.4 Å². The van der Waals surface area contributed by atoms with Crippen molar-refractivity contribution in [2.24, 2.45) is 0 Å². The number of nitrogens with one attached hydrogen (secondary N) is 2. The fourth-order valence-electron chi connectivity index (χ4n) is 3.44. The van der Waals surface area contributed by atoms with Crippen LogP contribution in [0, 0.1) is 0 Å². The molecule has 10 heteroatoms. The van der Waals surface area contributed by atoms with Crippen molar-refractivity contribution >= 4 is 28.5 Å². The summed E-state index contributed by atoms with van der Waals surface area (Å²) in [6.45, 7) is 0.333. The highest BCUT2D eigenvalue weighted by molar-refractivity contribution is 6.30. The van der Waals surface area contributed by atoms with Gasteiger partial charge < -0.3 is 19.4 Å². The van der Waals surface area contributed by atoms with Crippen LogP contribution in [0.4, 0.5) is 0 Å². The summed E-state index contributed by atoms with van der Waals surface area (Å²) in [6, 6.07) is 14.0. The Balaban J connectivity index is 1.29. The van der Waals surface area contributed by atoms with Crippen molar-refractivity contribution in [3.8, 4) is 11.5 Å². The first-order valence-corrected chi connectivity index (χ1v) is 10.4. The van der Waals surface area contributed by atoms with Crippen molar-refractivity contribution in [3.63, 3.8) is 0 Å². The summed E-state index contributed by atoms with van der Waals surface area (Å²) in [7, 11) is 0. The zero-order chi connectivity index (χ0) is 22.8. The fraction of sp³-hybridized carbons (Fsp3) is 0.0870. The van der Waals surface area contributed by atoms with Crippen molar-refractivity contribution in [3.05, 3.63) is 99.4 Å². The quantitative estimate of drug-likeness (QED) is 0.401. The zero-order valence-corrected chi connectivity index (χ0v) is 17.9. The Hall–Kier alpha value is -4.24. The molecule has 0 aliphatic rings. The van der Waals surface area contributed by atoms with Crippen LogP contribution < -0.4 is 10.9 Å². The number of halogens is 1. The van der Waals surface area contributed by atoms with E-state index in [1.807, 2.05) is 24.3 Å².